The van der Waals surface area contributed by atoms with Crippen molar-refractivity contribution in [2.75, 3.05) is 6.54 Å². The van der Waals surface area contributed by atoms with Crippen molar-refractivity contribution >= 4 is 0 Å². The van der Waals surface area contributed by atoms with Crippen molar-refractivity contribution in [3.63, 3.8) is 0 Å². The Morgan fingerprint density at radius 1 is 1.20 bits per heavy atom. The predicted octanol–water partition coefficient (Wildman–Crippen LogP) is 3.40. The molecule has 1 fully saturated rings. The Labute approximate surface area is 121 Å². The molecule has 0 amide bonds. The lowest BCUT2D eigenvalue weighted by Crippen LogP contribution is -2.21. The fraction of sp³-hybridized carbons (Fsp3) is 0.471. The maximum Gasteiger partial charge on any atom is 0.0766 e. The zero-order chi connectivity index (χ0) is 13.8. The molecule has 1 N–H and O–H groups in total. The molecule has 2 aromatic rings. The summed E-state index contributed by atoms with van der Waals surface area (Å²) in [6, 6.07) is 12.3. The van der Waals surface area contributed by atoms with E-state index in [2.05, 4.69) is 35.5 Å². The highest BCUT2D eigenvalue weighted by molar-refractivity contribution is 5.30. The third kappa shape index (κ3) is 3.28. The van der Waals surface area contributed by atoms with Gasteiger partial charge in [0.25, 0.3) is 0 Å². The van der Waals surface area contributed by atoms with Crippen LogP contribution in [-0.2, 0) is 6.54 Å². The summed E-state index contributed by atoms with van der Waals surface area (Å²) in [5.74, 6) is 1.78. The molecule has 1 aliphatic rings. The Hall–Kier alpha value is -1.61. The molecule has 1 aromatic carbocycles. The smallest absolute Gasteiger partial charge is 0.0766 e. The Kier molecular flexibility index (Phi) is 4.16. The van der Waals surface area contributed by atoms with E-state index in [1.807, 2.05) is 29.1 Å². The lowest BCUT2D eigenvalue weighted by molar-refractivity contribution is 0.468. The first-order valence-electron chi connectivity index (χ1n) is 7.62. The highest BCUT2D eigenvalue weighted by atomic mass is 15.3. The van der Waals surface area contributed by atoms with Gasteiger partial charge in [-0.2, -0.15) is 5.10 Å². The van der Waals surface area contributed by atoms with Gasteiger partial charge < -0.3 is 5.32 Å². The Bertz CT molecular complexity index is 532. The number of nitrogens with one attached hydrogen (secondary N) is 1. The minimum absolute atomic E-state index is 0.862. The minimum atomic E-state index is 0.862. The molecule has 2 atom stereocenters. The van der Waals surface area contributed by atoms with Crippen LogP contribution in [0.3, 0.4) is 0 Å². The lowest BCUT2D eigenvalue weighted by Gasteiger charge is -2.09. The van der Waals surface area contributed by atoms with E-state index in [1.165, 1.54) is 19.3 Å². The summed E-state index contributed by atoms with van der Waals surface area (Å²) in [5.41, 5.74) is 2.23. The molecule has 1 aliphatic carbocycles. The fourth-order valence-electron chi connectivity index (χ4n) is 3.10. The number of rotatable bonds is 5. The molecule has 0 aliphatic heterocycles. The van der Waals surface area contributed by atoms with Crippen LogP contribution in [0.25, 0.3) is 5.69 Å². The third-order valence-electron chi connectivity index (χ3n) is 4.21. The molecule has 3 rings (SSSR count). The van der Waals surface area contributed by atoms with Gasteiger partial charge in [-0.05, 0) is 49.4 Å². The van der Waals surface area contributed by atoms with Crippen LogP contribution in [0.15, 0.2) is 42.6 Å². The maximum absolute atomic E-state index is 4.61. The van der Waals surface area contributed by atoms with Crippen molar-refractivity contribution in [2.45, 2.75) is 32.7 Å². The number of nitrogens with zero attached hydrogens (tertiary/aromatic N) is 2. The van der Waals surface area contributed by atoms with Crippen molar-refractivity contribution in [2.24, 2.45) is 11.8 Å². The van der Waals surface area contributed by atoms with E-state index in [9.17, 15) is 0 Å². The van der Waals surface area contributed by atoms with Crippen LogP contribution in [0.4, 0.5) is 0 Å². The van der Waals surface area contributed by atoms with Crippen LogP contribution in [0.1, 0.15) is 31.9 Å². The largest absolute Gasteiger partial charge is 0.311 e. The second kappa shape index (κ2) is 6.23. The number of hydrogen-bond acceptors (Lipinski definition) is 2. The predicted molar refractivity (Wildman–Crippen MR) is 81.8 cm³/mol. The third-order valence-corrected chi connectivity index (χ3v) is 4.21. The van der Waals surface area contributed by atoms with Crippen molar-refractivity contribution in [1.82, 2.24) is 15.1 Å². The fourth-order valence-corrected chi connectivity index (χ4v) is 3.10. The van der Waals surface area contributed by atoms with E-state index in [0.29, 0.717) is 0 Å². The van der Waals surface area contributed by atoms with Crippen molar-refractivity contribution < 1.29 is 0 Å². The van der Waals surface area contributed by atoms with E-state index in [0.717, 1.165) is 36.3 Å². The molecule has 0 bridgehead atoms. The zero-order valence-corrected chi connectivity index (χ0v) is 12.1. The molecule has 106 valence electrons. The maximum atomic E-state index is 4.61. The highest BCUT2D eigenvalue weighted by Gasteiger charge is 2.20. The summed E-state index contributed by atoms with van der Waals surface area (Å²) >= 11 is 0. The average molecular weight is 269 g/mol. The van der Waals surface area contributed by atoms with Gasteiger partial charge in [0.1, 0.15) is 0 Å². The van der Waals surface area contributed by atoms with Gasteiger partial charge in [-0.3, -0.25) is 0 Å². The molecule has 1 saturated carbocycles. The SMILES string of the molecule is CC1CCC(CNCc2ccn(-c3ccccc3)n2)C1. The Morgan fingerprint density at radius 3 is 2.80 bits per heavy atom. The molecule has 1 heterocycles. The monoisotopic (exact) mass is 269 g/mol. The Morgan fingerprint density at radius 2 is 2.05 bits per heavy atom. The number of hydrogen-bond donors (Lipinski definition) is 1. The van der Waals surface area contributed by atoms with Gasteiger partial charge in [0.05, 0.1) is 11.4 Å². The highest BCUT2D eigenvalue weighted by Crippen LogP contribution is 2.29. The number of benzene rings is 1. The molecule has 0 spiro atoms. The van der Waals surface area contributed by atoms with Crippen molar-refractivity contribution in [1.29, 1.82) is 0 Å². The van der Waals surface area contributed by atoms with E-state index in [-0.39, 0.29) is 0 Å². The van der Waals surface area contributed by atoms with Crippen LogP contribution in [-0.4, -0.2) is 16.3 Å². The second-order valence-corrected chi connectivity index (χ2v) is 6.00. The first kappa shape index (κ1) is 13.4. The van der Waals surface area contributed by atoms with Gasteiger partial charge in [-0.25, -0.2) is 4.68 Å². The first-order chi connectivity index (χ1) is 9.81. The van der Waals surface area contributed by atoms with Crippen molar-refractivity contribution in [3.05, 3.63) is 48.3 Å². The molecular formula is C17H23N3. The molecule has 3 nitrogen and oxygen atoms in total. The van der Waals surface area contributed by atoms with Crippen molar-refractivity contribution in [3.8, 4) is 5.69 Å². The molecule has 2 unspecified atom stereocenters. The summed E-state index contributed by atoms with van der Waals surface area (Å²) in [4.78, 5) is 0. The van der Waals surface area contributed by atoms with Crippen LogP contribution in [0.2, 0.25) is 0 Å². The summed E-state index contributed by atoms with van der Waals surface area (Å²) in [7, 11) is 0. The van der Waals surface area contributed by atoms with Gasteiger partial charge in [0, 0.05) is 12.7 Å². The average Bonchev–Trinajstić information content (AvgIpc) is 3.09. The Balaban J connectivity index is 1.50. The molecule has 1 aromatic heterocycles. The zero-order valence-electron chi connectivity index (χ0n) is 12.1. The topological polar surface area (TPSA) is 29.9 Å². The van der Waals surface area contributed by atoms with Gasteiger partial charge in [-0.1, -0.05) is 31.5 Å². The van der Waals surface area contributed by atoms with Crippen LogP contribution in [0, 0.1) is 11.8 Å². The summed E-state index contributed by atoms with van der Waals surface area (Å²) < 4.78 is 1.94. The second-order valence-electron chi connectivity index (χ2n) is 6.00. The molecule has 20 heavy (non-hydrogen) atoms. The van der Waals surface area contributed by atoms with E-state index in [4.69, 9.17) is 0 Å². The van der Waals surface area contributed by atoms with Crippen LogP contribution < -0.4 is 5.32 Å². The van der Waals surface area contributed by atoms with E-state index < -0.39 is 0 Å². The normalized spacial score (nSPS) is 22.2. The minimum Gasteiger partial charge on any atom is -0.311 e. The quantitative estimate of drug-likeness (QED) is 0.901. The standard InChI is InChI=1S/C17H23N3/c1-14-7-8-15(11-14)12-18-13-16-9-10-20(19-16)17-5-3-2-4-6-17/h2-6,9-10,14-15,18H,7-8,11-13H2,1H3. The molecule has 0 saturated heterocycles. The van der Waals surface area contributed by atoms with E-state index >= 15 is 0 Å². The van der Waals surface area contributed by atoms with Gasteiger partial charge in [0.2, 0.25) is 0 Å². The summed E-state index contributed by atoms with van der Waals surface area (Å²) in [5, 5.41) is 8.17. The van der Waals surface area contributed by atoms with Gasteiger partial charge in [0.15, 0.2) is 0 Å². The number of para-hydroxylation sites is 1. The molecule has 0 radical (unpaired) electrons. The van der Waals surface area contributed by atoms with Gasteiger partial charge in [-0.15, -0.1) is 0 Å². The van der Waals surface area contributed by atoms with Crippen LogP contribution >= 0.6 is 0 Å². The lowest BCUT2D eigenvalue weighted by atomic mass is 10.1. The molecule has 3 heteroatoms. The molecular weight excluding hydrogens is 246 g/mol. The summed E-state index contributed by atoms with van der Waals surface area (Å²) in [6.45, 7) is 4.36. The van der Waals surface area contributed by atoms with Crippen LogP contribution in [0.5, 0.6) is 0 Å². The van der Waals surface area contributed by atoms with E-state index in [1.54, 1.807) is 0 Å². The first-order valence-corrected chi connectivity index (χ1v) is 7.62. The number of aromatic nitrogens is 2. The summed E-state index contributed by atoms with van der Waals surface area (Å²) in [6.07, 6.45) is 6.19. The van der Waals surface area contributed by atoms with Gasteiger partial charge >= 0.3 is 0 Å².